The third-order valence-corrected chi connectivity index (χ3v) is 2.52. The lowest BCUT2D eigenvalue weighted by molar-refractivity contribution is 0.628. The fourth-order valence-corrected chi connectivity index (χ4v) is 1.84. The second-order valence-corrected chi connectivity index (χ2v) is 3.50. The molecule has 0 aliphatic carbocycles. The predicted octanol–water partition coefficient (Wildman–Crippen LogP) is 3.60. The first-order valence-corrected chi connectivity index (χ1v) is 4.60. The number of fused-ring (bicyclic) bond motifs is 3. The second-order valence-electron chi connectivity index (χ2n) is 3.50. The van der Waals surface area contributed by atoms with Gasteiger partial charge in [-0.15, -0.1) is 0 Å². The fraction of sp³-hybridized carbons (Fsp3) is 0. The van der Waals surface area contributed by atoms with Crippen molar-refractivity contribution in [2.45, 2.75) is 0 Å². The van der Waals surface area contributed by atoms with Crippen molar-refractivity contribution in [3.05, 3.63) is 48.0 Å². The largest absolute Gasteiger partial charge is 0.355 e. The van der Waals surface area contributed by atoms with E-state index in [1.165, 1.54) is 24.3 Å². The average molecular weight is 203 g/mol. The molecule has 0 aliphatic heterocycles. The van der Waals surface area contributed by atoms with Crippen LogP contribution in [-0.4, -0.2) is 4.98 Å². The molecular weight excluding hydrogens is 196 g/mol. The van der Waals surface area contributed by atoms with E-state index in [9.17, 15) is 8.78 Å². The molecule has 74 valence electrons. The molecule has 0 radical (unpaired) electrons. The summed E-state index contributed by atoms with van der Waals surface area (Å²) >= 11 is 0. The molecule has 0 saturated carbocycles. The molecule has 0 amide bonds. The minimum Gasteiger partial charge on any atom is -0.355 e. The van der Waals surface area contributed by atoms with E-state index in [0.29, 0.717) is 10.8 Å². The summed E-state index contributed by atoms with van der Waals surface area (Å²) < 4.78 is 26.1. The summed E-state index contributed by atoms with van der Waals surface area (Å²) in [5, 5.41) is 1.43. The molecule has 15 heavy (non-hydrogen) atoms. The monoisotopic (exact) mass is 203 g/mol. The van der Waals surface area contributed by atoms with Crippen LogP contribution in [0.5, 0.6) is 0 Å². The maximum absolute atomic E-state index is 13.0. The summed E-state index contributed by atoms with van der Waals surface area (Å²) in [5.41, 5.74) is 1.63. The Morgan fingerprint density at radius 3 is 1.67 bits per heavy atom. The molecule has 1 N–H and O–H groups in total. The van der Waals surface area contributed by atoms with Crippen molar-refractivity contribution in [2.24, 2.45) is 0 Å². The van der Waals surface area contributed by atoms with E-state index in [0.717, 1.165) is 11.0 Å². The van der Waals surface area contributed by atoms with Crippen LogP contribution >= 0.6 is 0 Å². The van der Waals surface area contributed by atoms with Gasteiger partial charge in [0.15, 0.2) is 0 Å². The van der Waals surface area contributed by atoms with Crippen LogP contribution in [0.4, 0.5) is 8.78 Å². The van der Waals surface area contributed by atoms with Gasteiger partial charge in [0.05, 0.1) is 0 Å². The summed E-state index contributed by atoms with van der Waals surface area (Å²) in [5.74, 6) is -0.625. The van der Waals surface area contributed by atoms with Crippen LogP contribution in [0.2, 0.25) is 0 Å². The number of aromatic amines is 1. The van der Waals surface area contributed by atoms with Crippen LogP contribution in [0.3, 0.4) is 0 Å². The van der Waals surface area contributed by atoms with E-state index in [-0.39, 0.29) is 11.6 Å². The Hall–Kier alpha value is -1.90. The average Bonchev–Trinajstić information content (AvgIpc) is 2.56. The minimum absolute atomic E-state index is 0.312. The number of aromatic nitrogens is 1. The zero-order valence-electron chi connectivity index (χ0n) is 7.72. The first kappa shape index (κ1) is 8.41. The summed E-state index contributed by atoms with van der Waals surface area (Å²) in [7, 11) is 0. The molecule has 1 aromatic heterocycles. The molecule has 0 unspecified atom stereocenters. The number of rotatable bonds is 0. The Labute approximate surface area is 84.3 Å². The molecule has 0 bridgehead atoms. The lowest BCUT2D eigenvalue weighted by atomic mass is 10.1. The van der Waals surface area contributed by atoms with Gasteiger partial charge in [0.1, 0.15) is 11.6 Å². The number of hydrogen-bond donors (Lipinski definition) is 1. The van der Waals surface area contributed by atoms with E-state index in [4.69, 9.17) is 0 Å². The molecule has 1 heterocycles. The van der Waals surface area contributed by atoms with Crippen LogP contribution in [0, 0.1) is 11.6 Å². The minimum atomic E-state index is -0.312. The number of benzene rings is 2. The third kappa shape index (κ3) is 1.20. The van der Waals surface area contributed by atoms with Crippen molar-refractivity contribution in [1.29, 1.82) is 0 Å². The first-order valence-electron chi connectivity index (χ1n) is 4.60. The molecular formula is C12H7F2N. The highest BCUT2D eigenvalue weighted by atomic mass is 19.1. The molecule has 3 aromatic rings. The van der Waals surface area contributed by atoms with Gasteiger partial charge in [0.25, 0.3) is 0 Å². The van der Waals surface area contributed by atoms with Crippen molar-refractivity contribution < 1.29 is 8.78 Å². The Morgan fingerprint density at radius 2 is 1.20 bits per heavy atom. The molecule has 0 saturated heterocycles. The molecule has 0 fully saturated rings. The number of H-pyrrole nitrogens is 1. The smallest absolute Gasteiger partial charge is 0.123 e. The van der Waals surface area contributed by atoms with Gasteiger partial charge in [-0.05, 0) is 36.4 Å². The van der Waals surface area contributed by atoms with Gasteiger partial charge in [-0.3, -0.25) is 0 Å². The Balaban J connectivity index is 2.55. The van der Waals surface area contributed by atoms with E-state index < -0.39 is 0 Å². The summed E-state index contributed by atoms with van der Waals surface area (Å²) in [6, 6.07) is 8.90. The lowest BCUT2D eigenvalue weighted by Gasteiger charge is -1.91. The number of hydrogen-bond acceptors (Lipinski definition) is 0. The van der Waals surface area contributed by atoms with E-state index in [1.807, 2.05) is 0 Å². The molecule has 0 aliphatic rings. The van der Waals surface area contributed by atoms with Crippen LogP contribution in [0.1, 0.15) is 0 Å². The van der Waals surface area contributed by atoms with Gasteiger partial charge >= 0.3 is 0 Å². The molecule has 1 nitrogen and oxygen atoms in total. The normalized spacial score (nSPS) is 11.3. The van der Waals surface area contributed by atoms with Crippen molar-refractivity contribution in [1.82, 2.24) is 4.98 Å². The predicted molar refractivity (Wildman–Crippen MR) is 55.7 cm³/mol. The van der Waals surface area contributed by atoms with Crippen molar-refractivity contribution >= 4 is 21.8 Å². The maximum atomic E-state index is 13.0. The topological polar surface area (TPSA) is 15.8 Å². The third-order valence-electron chi connectivity index (χ3n) is 2.52. The highest BCUT2D eigenvalue weighted by Crippen LogP contribution is 2.26. The van der Waals surface area contributed by atoms with E-state index in [2.05, 4.69) is 4.98 Å². The quantitative estimate of drug-likeness (QED) is 0.574. The van der Waals surface area contributed by atoms with E-state index >= 15 is 0 Å². The van der Waals surface area contributed by atoms with E-state index in [1.54, 1.807) is 12.1 Å². The lowest BCUT2D eigenvalue weighted by Crippen LogP contribution is -1.73. The van der Waals surface area contributed by atoms with Crippen molar-refractivity contribution in [2.75, 3.05) is 0 Å². The molecule has 3 heteroatoms. The summed E-state index contributed by atoms with van der Waals surface area (Å²) in [6.45, 7) is 0. The van der Waals surface area contributed by atoms with Crippen molar-refractivity contribution in [3.63, 3.8) is 0 Å². The van der Waals surface area contributed by atoms with Crippen LogP contribution in [0.15, 0.2) is 36.4 Å². The highest BCUT2D eigenvalue weighted by Gasteiger charge is 2.05. The van der Waals surface area contributed by atoms with Crippen LogP contribution in [-0.2, 0) is 0 Å². The fourth-order valence-electron chi connectivity index (χ4n) is 1.84. The first-order chi connectivity index (χ1) is 7.24. The molecule has 3 rings (SSSR count). The zero-order chi connectivity index (χ0) is 10.4. The Morgan fingerprint density at radius 1 is 0.733 bits per heavy atom. The maximum Gasteiger partial charge on any atom is 0.123 e. The Kier molecular flexibility index (Phi) is 1.57. The SMILES string of the molecule is Fc1ccc2[nH]c3ccc(F)cc3c2c1. The number of nitrogens with one attached hydrogen (secondary N) is 1. The second kappa shape index (κ2) is 2.79. The molecule has 2 aromatic carbocycles. The summed E-state index contributed by atoms with van der Waals surface area (Å²) in [4.78, 5) is 3.10. The van der Waals surface area contributed by atoms with Crippen LogP contribution in [0.25, 0.3) is 21.8 Å². The number of halogens is 2. The van der Waals surface area contributed by atoms with Gasteiger partial charge in [0.2, 0.25) is 0 Å². The molecule has 0 spiro atoms. The van der Waals surface area contributed by atoms with Crippen LogP contribution < -0.4 is 0 Å². The molecule has 0 atom stereocenters. The van der Waals surface area contributed by atoms with Gasteiger partial charge in [-0.2, -0.15) is 0 Å². The standard InChI is InChI=1S/C12H7F2N/c13-7-1-3-11-9(5-7)10-6-8(14)2-4-12(10)15-11/h1-6,15H. The van der Waals surface area contributed by atoms with Gasteiger partial charge < -0.3 is 4.98 Å². The highest BCUT2D eigenvalue weighted by molar-refractivity contribution is 6.07. The van der Waals surface area contributed by atoms with Gasteiger partial charge in [0, 0.05) is 21.8 Å². The zero-order valence-corrected chi connectivity index (χ0v) is 7.72. The van der Waals surface area contributed by atoms with Gasteiger partial charge in [-0.25, -0.2) is 8.78 Å². The Bertz CT molecular complexity index is 599. The summed E-state index contributed by atoms with van der Waals surface area (Å²) in [6.07, 6.45) is 0. The van der Waals surface area contributed by atoms with Gasteiger partial charge in [-0.1, -0.05) is 0 Å². The van der Waals surface area contributed by atoms with Crippen molar-refractivity contribution in [3.8, 4) is 0 Å².